The number of pyridine rings is 1. The number of hydrogen-bond donors (Lipinski definition) is 2. The van der Waals surface area contributed by atoms with E-state index in [9.17, 15) is 9.90 Å². The van der Waals surface area contributed by atoms with Gasteiger partial charge in [0.05, 0.1) is 17.9 Å². The van der Waals surface area contributed by atoms with E-state index in [1.807, 2.05) is 13.8 Å². The maximum Gasteiger partial charge on any atom is 0.252 e. The van der Waals surface area contributed by atoms with Gasteiger partial charge in [-0.3, -0.25) is 4.79 Å². The van der Waals surface area contributed by atoms with Gasteiger partial charge in [-0.05, 0) is 37.6 Å². The zero-order chi connectivity index (χ0) is 18.0. The molecule has 0 saturated carbocycles. The molecule has 0 aliphatic rings. The number of carbonyl (C=O) groups excluding carboxylic acids is 1. The quantitative estimate of drug-likeness (QED) is 0.734. The molecule has 1 amide bonds. The lowest BCUT2D eigenvalue weighted by Crippen LogP contribution is -2.28. The van der Waals surface area contributed by atoms with Crippen molar-refractivity contribution in [1.82, 2.24) is 20.1 Å². The number of aliphatic hydroxyl groups excluding tert-OH is 1. The number of benzene rings is 1. The van der Waals surface area contributed by atoms with Crippen LogP contribution >= 0.6 is 11.6 Å². The lowest BCUT2D eigenvalue weighted by Gasteiger charge is -2.12. The van der Waals surface area contributed by atoms with Crippen LogP contribution in [0.1, 0.15) is 41.9 Å². The van der Waals surface area contributed by atoms with Crippen molar-refractivity contribution in [2.24, 2.45) is 0 Å². The van der Waals surface area contributed by atoms with Crippen LogP contribution in [0, 0.1) is 0 Å². The molecule has 1 aromatic carbocycles. The van der Waals surface area contributed by atoms with E-state index in [0.717, 1.165) is 11.0 Å². The molecule has 7 heteroatoms. The average Bonchev–Trinajstić information content (AvgIpc) is 3.02. The molecule has 3 rings (SSSR count). The molecule has 0 aliphatic heterocycles. The van der Waals surface area contributed by atoms with Crippen molar-refractivity contribution in [3.63, 3.8) is 0 Å². The van der Waals surface area contributed by atoms with Gasteiger partial charge < -0.3 is 10.4 Å². The van der Waals surface area contributed by atoms with E-state index < -0.39 is 6.10 Å². The Hall–Kier alpha value is -2.44. The highest BCUT2D eigenvalue weighted by Crippen LogP contribution is 2.18. The molecule has 0 unspecified atom stereocenters. The van der Waals surface area contributed by atoms with Crippen LogP contribution in [0.3, 0.4) is 0 Å². The monoisotopic (exact) mass is 358 g/mol. The molecule has 2 N–H and O–H groups in total. The molecule has 0 bridgehead atoms. The largest absolute Gasteiger partial charge is 0.387 e. The molecule has 3 aromatic rings. The topological polar surface area (TPSA) is 80.0 Å². The predicted molar refractivity (Wildman–Crippen MR) is 96.7 cm³/mol. The SMILES string of the molecule is CC(C)n1ncc2cc(C(=O)NC[C@@H](O)c3cccc(Cl)c3)cnc21. The van der Waals surface area contributed by atoms with Crippen LogP contribution < -0.4 is 5.32 Å². The summed E-state index contributed by atoms with van der Waals surface area (Å²) < 4.78 is 1.81. The fraction of sp³-hybridized carbons (Fsp3) is 0.278. The lowest BCUT2D eigenvalue weighted by molar-refractivity contribution is 0.0916. The lowest BCUT2D eigenvalue weighted by atomic mass is 10.1. The van der Waals surface area contributed by atoms with Crippen LogP contribution in [0.25, 0.3) is 11.0 Å². The third-order valence-corrected chi connectivity index (χ3v) is 4.11. The van der Waals surface area contributed by atoms with Crippen LogP contribution in [0.15, 0.2) is 42.7 Å². The molecule has 130 valence electrons. The first-order valence-electron chi connectivity index (χ1n) is 8.00. The summed E-state index contributed by atoms with van der Waals surface area (Å²) in [7, 11) is 0. The van der Waals surface area contributed by atoms with Crippen molar-refractivity contribution in [1.29, 1.82) is 0 Å². The summed E-state index contributed by atoms with van der Waals surface area (Å²) in [6, 6.07) is 8.86. The number of nitrogens with zero attached hydrogens (tertiary/aromatic N) is 3. The fourth-order valence-corrected chi connectivity index (χ4v) is 2.76. The van der Waals surface area contributed by atoms with Gasteiger partial charge in [-0.15, -0.1) is 0 Å². The number of nitrogens with one attached hydrogen (secondary N) is 1. The highest BCUT2D eigenvalue weighted by Gasteiger charge is 2.14. The summed E-state index contributed by atoms with van der Waals surface area (Å²) in [4.78, 5) is 16.7. The van der Waals surface area contributed by atoms with Crippen molar-refractivity contribution in [3.05, 3.63) is 58.9 Å². The normalized spacial score (nSPS) is 12.5. The van der Waals surface area contributed by atoms with Gasteiger partial charge in [0.2, 0.25) is 0 Å². The second kappa shape index (κ2) is 7.21. The highest BCUT2D eigenvalue weighted by atomic mass is 35.5. The third-order valence-electron chi connectivity index (χ3n) is 3.87. The third kappa shape index (κ3) is 3.81. The van der Waals surface area contributed by atoms with Gasteiger partial charge in [-0.1, -0.05) is 23.7 Å². The first-order valence-corrected chi connectivity index (χ1v) is 8.38. The van der Waals surface area contributed by atoms with Gasteiger partial charge in [-0.25, -0.2) is 9.67 Å². The first-order chi connectivity index (χ1) is 12.0. The summed E-state index contributed by atoms with van der Waals surface area (Å²) in [6.07, 6.45) is 2.38. The molecule has 0 saturated heterocycles. The van der Waals surface area contributed by atoms with E-state index in [1.54, 1.807) is 41.2 Å². The minimum Gasteiger partial charge on any atom is -0.387 e. The number of halogens is 1. The van der Waals surface area contributed by atoms with Crippen molar-refractivity contribution >= 4 is 28.5 Å². The number of aromatic nitrogens is 3. The van der Waals surface area contributed by atoms with E-state index in [4.69, 9.17) is 11.6 Å². The molecule has 0 radical (unpaired) electrons. The first kappa shape index (κ1) is 17.4. The van der Waals surface area contributed by atoms with Gasteiger partial charge >= 0.3 is 0 Å². The minimum atomic E-state index is -0.831. The minimum absolute atomic E-state index is 0.0858. The van der Waals surface area contributed by atoms with Gasteiger partial charge in [0, 0.05) is 29.2 Å². The highest BCUT2D eigenvalue weighted by molar-refractivity contribution is 6.30. The molecule has 6 nitrogen and oxygen atoms in total. The van der Waals surface area contributed by atoms with Crippen LogP contribution in [-0.2, 0) is 0 Å². The summed E-state index contributed by atoms with van der Waals surface area (Å²) in [6.45, 7) is 4.13. The fourth-order valence-electron chi connectivity index (χ4n) is 2.57. The standard InChI is InChI=1S/C18H19ClN4O2/c1-11(2)23-17-13(9-22-23)6-14(8-20-17)18(25)21-10-16(24)12-4-3-5-15(19)7-12/h3-9,11,16,24H,10H2,1-2H3,(H,21,25)/t16-/m1/s1. The smallest absolute Gasteiger partial charge is 0.252 e. The maximum absolute atomic E-state index is 12.3. The van der Waals surface area contributed by atoms with E-state index >= 15 is 0 Å². The van der Waals surface area contributed by atoms with Crippen LogP contribution in [-0.4, -0.2) is 32.3 Å². The second-order valence-corrected chi connectivity index (χ2v) is 6.54. The Bertz CT molecular complexity index is 907. The maximum atomic E-state index is 12.3. The summed E-state index contributed by atoms with van der Waals surface area (Å²) in [5.41, 5.74) is 1.82. The van der Waals surface area contributed by atoms with Gasteiger partial charge in [0.25, 0.3) is 5.91 Å². The van der Waals surface area contributed by atoms with Crippen LogP contribution in [0.5, 0.6) is 0 Å². The number of amides is 1. The number of fused-ring (bicyclic) bond motifs is 1. The molecule has 0 aliphatic carbocycles. The van der Waals surface area contributed by atoms with Crippen molar-refractivity contribution in [2.45, 2.75) is 26.0 Å². The average molecular weight is 359 g/mol. The van der Waals surface area contributed by atoms with Crippen molar-refractivity contribution < 1.29 is 9.90 Å². The summed E-state index contributed by atoms with van der Waals surface area (Å²) in [5, 5.41) is 18.5. The van der Waals surface area contributed by atoms with E-state index in [1.165, 1.54) is 6.20 Å². The van der Waals surface area contributed by atoms with Crippen LogP contribution in [0.2, 0.25) is 5.02 Å². The molecule has 2 aromatic heterocycles. The Kier molecular flexibility index (Phi) is 5.01. The van der Waals surface area contributed by atoms with Gasteiger partial charge in [-0.2, -0.15) is 5.10 Å². The number of rotatable bonds is 5. The van der Waals surface area contributed by atoms with Crippen LogP contribution in [0.4, 0.5) is 0 Å². The summed E-state index contributed by atoms with van der Waals surface area (Å²) in [5.74, 6) is -0.298. The number of hydrogen-bond acceptors (Lipinski definition) is 4. The zero-order valence-electron chi connectivity index (χ0n) is 14.0. The molecule has 25 heavy (non-hydrogen) atoms. The molecular weight excluding hydrogens is 340 g/mol. The predicted octanol–water partition coefficient (Wildman–Crippen LogP) is 3.13. The van der Waals surface area contributed by atoms with Crippen molar-refractivity contribution in [3.8, 4) is 0 Å². The Morgan fingerprint density at radius 3 is 2.84 bits per heavy atom. The molecule has 2 heterocycles. The molecular formula is C18H19ClN4O2. The zero-order valence-corrected chi connectivity index (χ0v) is 14.7. The second-order valence-electron chi connectivity index (χ2n) is 6.10. The van der Waals surface area contributed by atoms with Crippen molar-refractivity contribution in [2.75, 3.05) is 6.54 Å². The number of aliphatic hydroxyl groups is 1. The van der Waals surface area contributed by atoms with Gasteiger partial charge in [0.1, 0.15) is 0 Å². The molecule has 1 atom stereocenters. The van der Waals surface area contributed by atoms with E-state index in [0.29, 0.717) is 16.1 Å². The Morgan fingerprint density at radius 2 is 2.12 bits per heavy atom. The number of carbonyl (C=O) groups is 1. The van der Waals surface area contributed by atoms with E-state index in [-0.39, 0.29) is 18.5 Å². The Labute approximate surface area is 150 Å². The van der Waals surface area contributed by atoms with E-state index in [2.05, 4.69) is 15.4 Å². The Morgan fingerprint density at radius 1 is 1.32 bits per heavy atom. The molecule has 0 spiro atoms. The molecule has 0 fully saturated rings. The Balaban J connectivity index is 1.70. The van der Waals surface area contributed by atoms with Gasteiger partial charge in [0.15, 0.2) is 5.65 Å². The summed E-state index contributed by atoms with van der Waals surface area (Å²) >= 11 is 5.91.